The predicted octanol–water partition coefficient (Wildman–Crippen LogP) is 3.63. The van der Waals surface area contributed by atoms with Gasteiger partial charge in [0.2, 0.25) is 10.0 Å². The van der Waals surface area contributed by atoms with Crippen LogP contribution >= 0.6 is 23.2 Å². The van der Waals surface area contributed by atoms with Crippen LogP contribution in [0.4, 0.5) is 0 Å². The van der Waals surface area contributed by atoms with Gasteiger partial charge in [-0.25, -0.2) is 13.1 Å². The molecule has 2 rings (SSSR count). The first-order valence-corrected chi connectivity index (χ1v) is 9.40. The van der Waals surface area contributed by atoms with Gasteiger partial charge >= 0.3 is 0 Å². The summed E-state index contributed by atoms with van der Waals surface area (Å²) in [6.45, 7) is 0.974. The van der Waals surface area contributed by atoms with E-state index in [2.05, 4.69) is 4.72 Å². The van der Waals surface area contributed by atoms with Gasteiger partial charge in [-0.2, -0.15) is 0 Å². The topological polar surface area (TPSA) is 55.4 Å². The van der Waals surface area contributed by atoms with E-state index in [4.69, 9.17) is 27.9 Å². The number of benzene rings is 2. The normalized spacial score (nSPS) is 11.6. The van der Waals surface area contributed by atoms with E-state index in [0.29, 0.717) is 28.8 Å². The number of sulfonamides is 1. The number of nitrogens with one attached hydrogen (secondary N) is 1. The van der Waals surface area contributed by atoms with Gasteiger partial charge in [-0.3, -0.25) is 0 Å². The first-order chi connectivity index (χ1) is 11.0. The number of halogens is 2. The van der Waals surface area contributed by atoms with Gasteiger partial charge < -0.3 is 4.74 Å². The largest absolute Gasteiger partial charge is 0.375 e. The van der Waals surface area contributed by atoms with Crippen LogP contribution < -0.4 is 4.72 Å². The third-order valence-electron chi connectivity index (χ3n) is 3.02. The Morgan fingerprint density at radius 3 is 2.39 bits per heavy atom. The average Bonchev–Trinajstić information content (AvgIpc) is 2.51. The summed E-state index contributed by atoms with van der Waals surface area (Å²) in [5, 5.41) is 0.737. The van der Waals surface area contributed by atoms with Gasteiger partial charge in [-0.1, -0.05) is 59.6 Å². The molecular formula is C16H17Cl2NO3S. The van der Waals surface area contributed by atoms with Crippen molar-refractivity contribution >= 4 is 33.2 Å². The van der Waals surface area contributed by atoms with Crippen LogP contribution in [-0.2, 0) is 27.1 Å². The van der Waals surface area contributed by atoms with Crippen molar-refractivity contribution in [1.29, 1.82) is 0 Å². The maximum atomic E-state index is 12.0. The van der Waals surface area contributed by atoms with Crippen LogP contribution in [0.1, 0.15) is 11.1 Å². The van der Waals surface area contributed by atoms with E-state index in [9.17, 15) is 8.42 Å². The molecule has 0 fully saturated rings. The molecule has 0 aliphatic rings. The zero-order valence-electron chi connectivity index (χ0n) is 12.3. The van der Waals surface area contributed by atoms with E-state index < -0.39 is 10.0 Å². The highest BCUT2D eigenvalue weighted by Crippen LogP contribution is 2.23. The third-order valence-corrected chi connectivity index (χ3v) is 5.12. The van der Waals surface area contributed by atoms with Crippen LogP contribution in [0, 0.1) is 0 Å². The molecule has 0 spiro atoms. The fourth-order valence-electron chi connectivity index (χ4n) is 1.93. The average molecular weight is 374 g/mol. The second-order valence-electron chi connectivity index (χ2n) is 4.94. The van der Waals surface area contributed by atoms with Gasteiger partial charge in [-0.05, 0) is 23.3 Å². The first-order valence-electron chi connectivity index (χ1n) is 6.99. The Morgan fingerprint density at radius 1 is 0.957 bits per heavy atom. The maximum absolute atomic E-state index is 12.0. The molecule has 7 heteroatoms. The summed E-state index contributed by atoms with van der Waals surface area (Å²) in [5.41, 5.74) is 1.63. The summed E-state index contributed by atoms with van der Waals surface area (Å²) in [6.07, 6.45) is 0. The standard InChI is InChI=1S/C16H17Cl2NO3S/c17-15-7-6-14(10-16(15)18)12-23(20,21)19-8-9-22-11-13-4-2-1-3-5-13/h1-7,10,19H,8-9,11-12H2. The van der Waals surface area contributed by atoms with Crippen LogP contribution in [-0.4, -0.2) is 21.6 Å². The van der Waals surface area contributed by atoms with Crippen LogP contribution in [0.3, 0.4) is 0 Å². The SMILES string of the molecule is O=S(=O)(Cc1ccc(Cl)c(Cl)c1)NCCOCc1ccccc1. The Morgan fingerprint density at radius 2 is 1.70 bits per heavy atom. The van der Waals surface area contributed by atoms with E-state index in [1.54, 1.807) is 18.2 Å². The van der Waals surface area contributed by atoms with Gasteiger partial charge in [0.25, 0.3) is 0 Å². The third kappa shape index (κ3) is 6.49. The molecule has 0 amide bonds. The quantitative estimate of drug-likeness (QED) is 0.718. The fraction of sp³-hybridized carbons (Fsp3) is 0.250. The summed E-state index contributed by atoms with van der Waals surface area (Å²) >= 11 is 11.7. The predicted molar refractivity (Wildman–Crippen MR) is 93.2 cm³/mol. The molecule has 124 valence electrons. The van der Waals surface area contributed by atoms with Gasteiger partial charge in [0.05, 0.1) is 29.0 Å². The molecule has 2 aromatic carbocycles. The minimum Gasteiger partial charge on any atom is -0.375 e. The van der Waals surface area contributed by atoms with Crippen molar-refractivity contribution in [2.45, 2.75) is 12.4 Å². The Kier molecular flexibility index (Phi) is 6.87. The van der Waals surface area contributed by atoms with Crippen molar-refractivity contribution in [2.75, 3.05) is 13.2 Å². The lowest BCUT2D eigenvalue weighted by Gasteiger charge is -2.08. The maximum Gasteiger partial charge on any atom is 0.215 e. The van der Waals surface area contributed by atoms with E-state index in [1.807, 2.05) is 30.3 Å². The lowest BCUT2D eigenvalue weighted by atomic mass is 10.2. The molecule has 23 heavy (non-hydrogen) atoms. The van der Waals surface area contributed by atoms with Crippen molar-refractivity contribution in [3.63, 3.8) is 0 Å². The molecule has 4 nitrogen and oxygen atoms in total. The Hall–Kier alpha value is -1.11. The first kappa shape index (κ1) is 18.2. The summed E-state index contributed by atoms with van der Waals surface area (Å²) in [4.78, 5) is 0. The zero-order valence-corrected chi connectivity index (χ0v) is 14.7. The molecule has 0 aliphatic carbocycles. The van der Waals surface area contributed by atoms with Crippen LogP contribution in [0.2, 0.25) is 10.0 Å². The molecule has 0 bridgehead atoms. The molecule has 0 unspecified atom stereocenters. The number of ether oxygens (including phenoxy) is 1. The Bertz CT molecular complexity index is 736. The highest BCUT2D eigenvalue weighted by molar-refractivity contribution is 7.88. The van der Waals surface area contributed by atoms with Gasteiger partial charge in [0.1, 0.15) is 0 Å². The molecule has 0 saturated heterocycles. The number of rotatable bonds is 8. The van der Waals surface area contributed by atoms with Crippen molar-refractivity contribution in [1.82, 2.24) is 4.72 Å². The van der Waals surface area contributed by atoms with Gasteiger partial charge in [0.15, 0.2) is 0 Å². The fourth-order valence-corrected chi connectivity index (χ4v) is 3.37. The molecule has 0 heterocycles. The van der Waals surface area contributed by atoms with E-state index in [0.717, 1.165) is 5.56 Å². The summed E-state index contributed by atoms with van der Waals surface area (Å²) in [5.74, 6) is -0.150. The van der Waals surface area contributed by atoms with E-state index in [1.165, 1.54) is 0 Å². The molecule has 2 aromatic rings. The molecular weight excluding hydrogens is 357 g/mol. The highest BCUT2D eigenvalue weighted by atomic mass is 35.5. The monoisotopic (exact) mass is 373 g/mol. The van der Waals surface area contributed by atoms with E-state index >= 15 is 0 Å². The lowest BCUT2D eigenvalue weighted by Crippen LogP contribution is -2.28. The molecule has 0 atom stereocenters. The summed E-state index contributed by atoms with van der Waals surface area (Å²) in [6, 6.07) is 14.5. The van der Waals surface area contributed by atoms with Crippen LogP contribution in [0.5, 0.6) is 0 Å². The Balaban J connectivity index is 1.74. The Labute approximate surface area is 146 Å². The summed E-state index contributed by atoms with van der Waals surface area (Å²) < 4.78 is 31.9. The zero-order chi connectivity index (χ0) is 16.7. The van der Waals surface area contributed by atoms with Crippen molar-refractivity contribution in [2.24, 2.45) is 0 Å². The number of hydrogen-bond donors (Lipinski definition) is 1. The second kappa shape index (κ2) is 8.66. The molecule has 1 N–H and O–H groups in total. The van der Waals surface area contributed by atoms with E-state index in [-0.39, 0.29) is 12.3 Å². The van der Waals surface area contributed by atoms with Crippen molar-refractivity contribution in [3.05, 3.63) is 69.7 Å². The molecule has 0 saturated carbocycles. The minimum atomic E-state index is -3.44. The van der Waals surface area contributed by atoms with Gasteiger partial charge in [0, 0.05) is 6.54 Å². The van der Waals surface area contributed by atoms with Crippen molar-refractivity contribution in [3.8, 4) is 0 Å². The lowest BCUT2D eigenvalue weighted by molar-refractivity contribution is 0.126. The van der Waals surface area contributed by atoms with Crippen LogP contribution in [0.25, 0.3) is 0 Å². The van der Waals surface area contributed by atoms with Gasteiger partial charge in [-0.15, -0.1) is 0 Å². The second-order valence-corrected chi connectivity index (χ2v) is 7.56. The smallest absolute Gasteiger partial charge is 0.215 e. The summed E-state index contributed by atoms with van der Waals surface area (Å²) in [7, 11) is -3.44. The minimum absolute atomic E-state index is 0.150. The molecule has 0 aromatic heterocycles. The number of hydrogen-bond acceptors (Lipinski definition) is 3. The van der Waals surface area contributed by atoms with Crippen molar-refractivity contribution < 1.29 is 13.2 Å². The van der Waals surface area contributed by atoms with Crippen LogP contribution in [0.15, 0.2) is 48.5 Å². The highest BCUT2D eigenvalue weighted by Gasteiger charge is 2.12. The molecule has 0 aliphatic heterocycles. The molecule has 0 radical (unpaired) electrons.